The Labute approximate surface area is 160 Å². The van der Waals surface area contributed by atoms with E-state index in [2.05, 4.69) is 5.32 Å². The molecule has 1 aromatic carbocycles. The number of nitrogens with two attached hydrogens (primary N) is 1. The third kappa shape index (κ3) is 3.28. The van der Waals surface area contributed by atoms with Crippen LogP contribution in [0.3, 0.4) is 0 Å². The average molecular weight is 430 g/mol. The number of aliphatic carboxylic acids is 1. The molecular formula is C16H20BrN3O4S. The summed E-state index contributed by atoms with van der Waals surface area (Å²) in [5.41, 5.74) is 6.59. The molecular weight excluding hydrogens is 410 g/mol. The lowest BCUT2D eigenvalue weighted by Gasteiger charge is -2.43. The van der Waals surface area contributed by atoms with Crippen molar-refractivity contribution in [2.75, 3.05) is 0 Å². The van der Waals surface area contributed by atoms with Gasteiger partial charge in [-0.05, 0) is 19.4 Å². The molecule has 2 saturated heterocycles. The number of nitrogens with zero attached hydrogens (tertiary/aromatic N) is 1. The lowest BCUT2D eigenvalue weighted by molar-refractivity contribution is -0.161. The van der Waals surface area contributed by atoms with E-state index in [9.17, 15) is 19.5 Å². The predicted molar refractivity (Wildman–Crippen MR) is 99.4 cm³/mol. The molecule has 136 valence electrons. The average Bonchev–Trinajstić information content (AvgIpc) is 2.80. The number of hydrogen-bond donors (Lipinski definition) is 3. The van der Waals surface area contributed by atoms with Crippen LogP contribution in [-0.2, 0) is 14.4 Å². The summed E-state index contributed by atoms with van der Waals surface area (Å²) >= 11 is 1.38. The fraction of sp³-hybridized carbons (Fsp3) is 0.438. The molecule has 0 bridgehead atoms. The van der Waals surface area contributed by atoms with Gasteiger partial charge in [0.15, 0.2) is 0 Å². The summed E-state index contributed by atoms with van der Waals surface area (Å²) in [5, 5.41) is 11.7. The molecule has 0 aromatic heterocycles. The second-order valence-corrected chi connectivity index (χ2v) is 8.24. The van der Waals surface area contributed by atoms with E-state index in [-0.39, 0.29) is 28.3 Å². The van der Waals surface area contributed by atoms with Gasteiger partial charge in [0, 0.05) is 4.75 Å². The highest BCUT2D eigenvalue weighted by Crippen LogP contribution is 2.50. The molecule has 0 saturated carbocycles. The number of carbonyl (C=O) groups is 3. The van der Waals surface area contributed by atoms with Crippen LogP contribution < -0.4 is 11.1 Å². The summed E-state index contributed by atoms with van der Waals surface area (Å²) in [4.78, 5) is 37.5. The summed E-state index contributed by atoms with van der Waals surface area (Å²) in [6.45, 7) is 3.58. The minimum atomic E-state index is -1.03. The number of carboxylic acids is 1. The minimum absolute atomic E-state index is 0. The van der Waals surface area contributed by atoms with Crippen molar-refractivity contribution in [3.05, 3.63) is 35.9 Å². The molecule has 2 fully saturated rings. The molecule has 2 amide bonds. The SMILES string of the molecule is Br.CC1(C)S[C@@H]2C(NC(=O)[C@H](N)c3ccccc3)C(=O)N2[C@H]1C(=O)O. The highest BCUT2D eigenvalue weighted by Gasteiger charge is 2.64. The zero-order valence-electron chi connectivity index (χ0n) is 13.7. The largest absolute Gasteiger partial charge is 0.480 e. The van der Waals surface area contributed by atoms with Crippen LogP contribution in [-0.4, -0.2) is 50.0 Å². The van der Waals surface area contributed by atoms with E-state index in [1.807, 2.05) is 6.07 Å². The van der Waals surface area contributed by atoms with Crippen molar-refractivity contribution in [1.29, 1.82) is 0 Å². The Bertz CT molecular complexity index is 700. The summed E-state index contributed by atoms with van der Waals surface area (Å²) in [6, 6.07) is 6.38. The molecule has 4 N–H and O–H groups in total. The van der Waals surface area contributed by atoms with Crippen LogP contribution in [0.1, 0.15) is 25.5 Å². The van der Waals surface area contributed by atoms with Crippen molar-refractivity contribution >= 4 is 46.5 Å². The standard InChI is InChI=1S/C16H19N3O4S.BrH/c1-16(2)11(15(22)23)19-13(21)10(14(19)24-16)18-12(20)9(17)8-6-4-3-5-7-8;/h3-7,9-11,14H,17H2,1-2H3,(H,18,20)(H,22,23);1H/t9-,10?,11+,14-;/m1./s1. The molecule has 0 aliphatic carbocycles. The van der Waals surface area contributed by atoms with E-state index < -0.39 is 34.7 Å². The number of nitrogens with one attached hydrogen (secondary N) is 1. The molecule has 2 heterocycles. The first-order chi connectivity index (χ1) is 11.2. The van der Waals surface area contributed by atoms with E-state index in [4.69, 9.17) is 5.73 Å². The number of carboxylic acid groups (broad SMARTS) is 1. The van der Waals surface area contributed by atoms with Gasteiger partial charge in [-0.2, -0.15) is 0 Å². The number of rotatable bonds is 4. The molecule has 4 atom stereocenters. The van der Waals surface area contributed by atoms with E-state index in [1.165, 1.54) is 16.7 Å². The number of hydrogen-bond acceptors (Lipinski definition) is 5. The number of thioether (sulfide) groups is 1. The molecule has 0 radical (unpaired) electrons. The molecule has 2 aliphatic rings. The van der Waals surface area contributed by atoms with Crippen LogP contribution in [0.15, 0.2) is 30.3 Å². The Balaban J connectivity index is 0.00000225. The number of β-lactam (4-membered cyclic amide) rings is 1. The third-order valence-corrected chi connectivity index (χ3v) is 5.99. The maximum atomic E-state index is 12.3. The van der Waals surface area contributed by atoms with Crippen LogP contribution in [0.4, 0.5) is 0 Å². The minimum Gasteiger partial charge on any atom is -0.480 e. The van der Waals surface area contributed by atoms with Crippen LogP contribution in [0.25, 0.3) is 0 Å². The van der Waals surface area contributed by atoms with Gasteiger partial charge in [0.1, 0.15) is 23.5 Å². The van der Waals surface area contributed by atoms with Crippen molar-refractivity contribution in [1.82, 2.24) is 10.2 Å². The van der Waals surface area contributed by atoms with Crippen molar-refractivity contribution in [2.45, 2.75) is 42.1 Å². The lowest BCUT2D eigenvalue weighted by Crippen LogP contribution is -2.71. The molecule has 25 heavy (non-hydrogen) atoms. The van der Waals surface area contributed by atoms with Crippen LogP contribution in [0, 0.1) is 0 Å². The number of carbonyl (C=O) groups excluding carboxylic acids is 2. The van der Waals surface area contributed by atoms with Crippen LogP contribution in [0.5, 0.6) is 0 Å². The number of halogens is 1. The van der Waals surface area contributed by atoms with Gasteiger partial charge in [0.05, 0.1) is 0 Å². The van der Waals surface area contributed by atoms with Gasteiger partial charge < -0.3 is 21.1 Å². The fourth-order valence-corrected chi connectivity index (χ4v) is 4.83. The second kappa shape index (κ2) is 6.97. The molecule has 7 nitrogen and oxygen atoms in total. The Morgan fingerprint density at radius 3 is 2.48 bits per heavy atom. The molecule has 0 spiro atoms. The summed E-state index contributed by atoms with van der Waals surface area (Å²) in [7, 11) is 0. The van der Waals surface area contributed by atoms with Crippen molar-refractivity contribution < 1.29 is 19.5 Å². The second-order valence-electron chi connectivity index (χ2n) is 6.47. The Morgan fingerprint density at radius 2 is 1.92 bits per heavy atom. The maximum absolute atomic E-state index is 12.3. The molecule has 1 unspecified atom stereocenters. The van der Waals surface area contributed by atoms with Gasteiger partial charge in [-0.1, -0.05) is 30.3 Å². The first-order valence-corrected chi connectivity index (χ1v) is 8.45. The highest BCUT2D eigenvalue weighted by molar-refractivity contribution is 8.93. The quantitative estimate of drug-likeness (QED) is 0.612. The Kier molecular flexibility index (Phi) is 5.50. The molecule has 2 aliphatic heterocycles. The maximum Gasteiger partial charge on any atom is 0.327 e. The van der Waals surface area contributed by atoms with E-state index in [0.717, 1.165) is 0 Å². The van der Waals surface area contributed by atoms with Gasteiger partial charge in [0.25, 0.3) is 0 Å². The lowest BCUT2D eigenvalue weighted by atomic mass is 9.95. The number of amides is 2. The smallest absolute Gasteiger partial charge is 0.327 e. The van der Waals surface area contributed by atoms with Crippen LogP contribution in [0.2, 0.25) is 0 Å². The summed E-state index contributed by atoms with van der Waals surface area (Å²) in [6.07, 6.45) is 0. The predicted octanol–water partition coefficient (Wildman–Crippen LogP) is 0.896. The zero-order chi connectivity index (χ0) is 17.6. The number of benzene rings is 1. The van der Waals surface area contributed by atoms with E-state index >= 15 is 0 Å². The number of fused-ring (bicyclic) bond motifs is 1. The molecule has 1 aromatic rings. The summed E-state index contributed by atoms with van der Waals surface area (Å²) < 4.78 is -0.618. The van der Waals surface area contributed by atoms with Crippen molar-refractivity contribution in [3.8, 4) is 0 Å². The van der Waals surface area contributed by atoms with Gasteiger partial charge in [-0.25, -0.2) is 4.79 Å². The van der Waals surface area contributed by atoms with Crippen LogP contribution >= 0.6 is 28.7 Å². The molecule has 3 rings (SSSR count). The first-order valence-electron chi connectivity index (χ1n) is 7.58. The normalized spacial score (nSPS) is 27.6. The molecule has 9 heteroatoms. The highest BCUT2D eigenvalue weighted by atomic mass is 79.9. The Morgan fingerprint density at radius 1 is 1.32 bits per heavy atom. The van der Waals surface area contributed by atoms with Gasteiger partial charge in [-0.3, -0.25) is 9.59 Å². The van der Waals surface area contributed by atoms with Crippen molar-refractivity contribution in [2.24, 2.45) is 5.73 Å². The van der Waals surface area contributed by atoms with Gasteiger partial charge in [0.2, 0.25) is 11.8 Å². The fourth-order valence-electron chi connectivity index (χ4n) is 3.20. The van der Waals surface area contributed by atoms with Gasteiger partial charge >= 0.3 is 5.97 Å². The monoisotopic (exact) mass is 429 g/mol. The Hall–Kier alpha value is -1.58. The van der Waals surface area contributed by atoms with Gasteiger partial charge in [-0.15, -0.1) is 28.7 Å². The van der Waals surface area contributed by atoms with Crippen molar-refractivity contribution in [3.63, 3.8) is 0 Å². The topological polar surface area (TPSA) is 113 Å². The zero-order valence-corrected chi connectivity index (χ0v) is 16.2. The van der Waals surface area contributed by atoms with E-state index in [0.29, 0.717) is 5.56 Å². The third-order valence-electron chi connectivity index (χ3n) is 4.41. The summed E-state index contributed by atoms with van der Waals surface area (Å²) in [5.74, 6) is -1.86. The van der Waals surface area contributed by atoms with E-state index in [1.54, 1.807) is 38.1 Å². The first kappa shape index (κ1) is 19.7.